The van der Waals surface area contributed by atoms with Gasteiger partial charge in [-0.15, -0.1) is 0 Å². The third kappa shape index (κ3) is 65.3. The number of hydrogen-bond acceptors (Lipinski definition) is 6. The van der Waals surface area contributed by atoms with Gasteiger partial charge in [-0.2, -0.15) is 0 Å². The van der Waals surface area contributed by atoms with Gasteiger partial charge in [0.25, 0.3) is 0 Å². The topological polar surface area (TPSA) is 78.9 Å². The summed E-state index contributed by atoms with van der Waals surface area (Å²) in [5.41, 5.74) is 0. The summed E-state index contributed by atoms with van der Waals surface area (Å²) in [6.07, 6.45) is 89.3. The van der Waals surface area contributed by atoms with Crippen molar-refractivity contribution in [3.63, 3.8) is 0 Å². The Morgan fingerprint density at radius 3 is 0.772 bits per heavy atom. The fourth-order valence-corrected chi connectivity index (χ4v) is 9.84. The zero-order valence-corrected chi connectivity index (χ0v) is 52.4. The van der Waals surface area contributed by atoms with Crippen molar-refractivity contribution in [3.05, 3.63) is 85.1 Å². The van der Waals surface area contributed by atoms with Gasteiger partial charge in [-0.1, -0.05) is 331 Å². The van der Waals surface area contributed by atoms with Crippen LogP contribution in [0.5, 0.6) is 0 Å². The molecule has 0 saturated carbocycles. The first-order valence-corrected chi connectivity index (χ1v) is 34.1. The van der Waals surface area contributed by atoms with Crippen LogP contribution >= 0.6 is 0 Å². The minimum absolute atomic E-state index is 0.0869. The summed E-state index contributed by atoms with van der Waals surface area (Å²) in [4.78, 5) is 38.1. The zero-order chi connectivity index (χ0) is 57.1. The lowest BCUT2D eigenvalue weighted by molar-refractivity contribution is -0.167. The van der Waals surface area contributed by atoms with E-state index in [1.807, 2.05) is 0 Å². The van der Waals surface area contributed by atoms with E-state index in [0.29, 0.717) is 19.3 Å². The fourth-order valence-electron chi connectivity index (χ4n) is 9.84. The summed E-state index contributed by atoms with van der Waals surface area (Å²) in [5.74, 6) is -0.913. The molecule has 0 rings (SSSR count). The second-order valence-corrected chi connectivity index (χ2v) is 22.7. The van der Waals surface area contributed by atoms with Crippen molar-refractivity contribution < 1.29 is 28.6 Å². The quantitative estimate of drug-likeness (QED) is 0.0261. The average Bonchev–Trinajstić information content (AvgIpc) is 3.45. The van der Waals surface area contributed by atoms with Crippen molar-refractivity contribution in [1.82, 2.24) is 0 Å². The predicted octanol–water partition coefficient (Wildman–Crippen LogP) is 23.4. The SMILES string of the molecule is CC/C=C\C/C=C\C/C=C\C/C=C\C/C=C\C/C=C\C/C=C\CCCCCC(=O)OC(COC(=O)CCCCCCCCC)COC(=O)CCCCCCCCCCCCCCCCCCCCCCCCCCCCCCC. The van der Waals surface area contributed by atoms with Crippen molar-refractivity contribution in [2.75, 3.05) is 13.2 Å². The Morgan fingerprint density at radius 1 is 0.266 bits per heavy atom. The van der Waals surface area contributed by atoms with E-state index >= 15 is 0 Å². The van der Waals surface area contributed by atoms with Crippen molar-refractivity contribution >= 4 is 17.9 Å². The normalized spacial score (nSPS) is 12.6. The molecule has 0 aliphatic rings. The van der Waals surface area contributed by atoms with Crippen molar-refractivity contribution in [2.24, 2.45) is 0 Å². The monoisotopic (exact) mass is 1100 g/mol. The third-order valence-electron chi connectivity index (χ3n) is 14.9. The molecule has 1 atom stereocenters. The van der Waals surface area contributed by atoms with Crippen LogP contribution in [0.15, 0.2) is 85.1 Å². The summed E-state index contributed by atoms with van der Waals surface area (Å²) in [7, 11) is 0. The number of carbonyl (C=O) groups is 3. The van der Waals surface area contributed by atoms with E-state index in [9.17, 15) is 14.4 Å². The van der Waals surface area contributed by atoms with Crippen molar-refractivity contribution in [1.29, 1.82) is 0 Å². The molecule has 0 aliphatic heterocycles. The van der Waals surface area contributed by atoms with Gasteiger partial charge in [0, 0.05) is 19.3 Å². The number of esters is 3. The zero-order valence-electron chi connectivity index (χ0n) is 52.4. The summed E-state index contributed by atoms with van der Waals surface area (Å²) >= 11 is 0. The molecule has 0 saturated heterocycles. The van der Waals surface area contributed by atoms with Crippen molar-refractivity contribution in [3.8, 4) is 0 Å². The molecular weight excluding hydrogens is 973 g/mol. The number of rotatable bonds is 62. The predicted molar refractivity (Wildman–Crippen MR) is 344 cm³/mol. The maximum absolute atomic E-state index is 12.9. The highest BCUT2D eigenvalue weighted by molar-refractivity contribution is 5.71. The second-order valence-electron chi connectivity index (χ2n) is 22.7. The summed E-state index contributed by atoms with van der Waals surface area (Å²) in [5, 5.41) is 0. The molecule has 6 heteroatoms. The number of carbonyl (C=O) groups excluding carboxylic acids is 3. The lowest BCUT2D eigenvalue weighted by Gasteiger charge is -2.18. The number of allylic oxidation sites excluding steroid dienone is 14. The van der Waals surface area contributed by atoms with E-state index < -0.39 is 6.10 Å². The first kappa shape index (κ1) is 75.6. The van der Waals surface area contributed by atoms with E-state index in [0.717, 1.165) is 109 Å². The van der Waals surface area contributed by atoms with Crippen LogP contribution in [0.3, 0.4) is 0 Å². The van der Waals surface area contributed by atoms with Crippen LogP contribution in [0.1, 0.15) is 342 Å². The number of unbranched alkanes of at least 4 members (excludes halogenated alkanes) is 37. The fraction of sp³-hybridized carbons (Fsp3) is 0.767. The number of hydrogen-bond donors (Lipinski definition) is 0. The summed E-state index contributed by atoms with van der Waals surface area (Å²) in [6.45, 7) is 6.50. The summed E-state index contributed by atoms with van der Waals surface area (Å²) < 4.78 is 16.8. The number of ether oxygens (including phenoxy) is 3. The third-order valence-corrected chi connectivity index (χ3v) is 14.9. The van der Waals surface area contributed by atoms with Crippen LogP contribution < -0.4 is 0 Å². The van der Waals surface area contributed by atoms with Crippen LogP contribution in [0.2, 0.25) is 0 Å². The van der Waals surface area contributed by atoms with Crippen LogP contribution in [0, 0.1) is 0 Å². The Morgan fingerprint density at radius 2 is 0.494 bits per heavy atom. The van der Waals surface area contributed by atoms with Gasteiger partial charge in [-0.3, -0.25) is 14.4 Å². The minimum atomic E-state index is -0.792. The molecule has 0 radical (unpaired) electrons. The second kappa shape index (κ2) is 67.1. The molecule has 0 heterocycles. The molecule has 0 bridgehead atoms. The molecule has 0 N–H and O–H groups in total. The highest BCUT2D eigenvalue weighted by Gasteiger charge is 2.19. The Hall–Kier alpha value is -3.41. The molecular formula is C73H128O6. The molecule has 0 spiro atoms. The molecule has 0 fully saturated rings. The highest BCUT2D eigenvalue weighted by atomic mass is 16.6. The van der Waals surface area contributed by atoms with Gasteiger partial charge in [0.05, 0.1) is 0 Å². The van der Waals surface area contributed by atoms with Gasteiger partial charge in [-0.25, -0.2) is 0 Å². The van der Waals surface area contributed by atoms with Gasteiger partial charge < -0.3 is 14.2 Å². The summed E-state index contributed by atoms with van der Waals surface area (Å²) in [6, 6.07) is 0. The van der Waals surface area contributed by atoms with Crippen LogP contribution in [0.4, 0.5) is 0 Å². The minimum Gasteiger partial charge on any atom is -0.462 e. The van der Waals surface area contributed by atoms with Gasteiger partial charge in [-0.05, 0) is 77.0 Å². The molecule has 456 valence electrons. The highest BCUT2D eigenvalue weighted by Crippen LogP contribution is 2.18. The lowest BCUT2D eigenvalue weighted by Crippen LogP contribution is -2.30. The maximum atomic E-state index is 12.9. The van der Waals surface area contributed by atoms with Crippen LogP contribution in [-0.4, -0.2) is 37.2 Å². The molecule has 79 heavy (non-hydrogen) atoms. The Labute approximate surface area is 490 Å². The largest absolute Gasteiger partial charge is 0.462 e. The van der Waals surface area contributed by atoms with Crippen LogP contribution in [-0.2, 0) is 28.6 Å². The lowest BCUT2D eigenvalue weighted by atomic mass is 10.0. The Balaban J connectivity index is 4.12. The van der Waals surface area contributed by atoms with Crippen LogP contribution in [0.25, 0.3) is 0 Å². The Bertz CT molecular complexity index is 1500. The first-order valence-electron chi connectivity index (χ1n) is 34.1. The molecule has 6 nitrogen and oxygen atoms in total. The molecule has 0 aromatic heterocycles. The average molecular weight is 1100 g/mol. The smallest absolute Gasteiger partial charge is 0.306 e. The van der Waals surface area contributed by atoms with E-state index in [4.69, 9.17) is 14.2 Å². The first-order chi connectivity index (χ1) is 39.0. The van der Waals surface area contributed by atoms with E-state index in [1.165, 1.54) is 193 Å². The standard InChI is InChI=1S/C73H128O6/c1-4-7-10-13-16-18-20-22-24-26-28-30-32-34-35-36-37-39-40-42-44-46-48-50-52-54-57-60-63-66-72(75)78-69-70(68-77-71(74)65-62-59-56-15-12-9-6-3)79-73(76)67-64-61-58-55-53-51-49-47-45-43-41-38-33-31-29-27-25-23-21-19-17-14-11-8-5-2/h8,11,17,19,23,25,29,31,38,41,45,47,51,53,70H,4-7,9-10,12-16,18,20-22,24,26-28,30,32-37,39-40,42-44,46,48-50,52,54-69H2,1-3H3/b11-8-,19-17-,25-23-,31-29-,41-38-,47-45-,53-51-. The molecule has 0 aromatic carbocycles. The maximum Gasteiger partial charge on any atom is 0.306 e. The molecule has 0 aromatic rings. The van der Waals surface area contributed by atoms with E-state index in [1.54, 1.807) is 0 Å². The van der Waals surface area contributed by atoms with E-state index in [2.05, 4.69) is 106 Å². The van der Waals surface area contributed by atoms with Gasteiger partial charge in [0.2, 0.25) is 0 Å². The molecule has 1 unspecified atom stereocenters. The van der Waals surface area contributed by atoms with Gasteiger partial charge in [0.1, 0.15) is 13.2 Å². The van der Waals surface area contributed by atoms with Gasteiger partial charge >= 0.3 is 17.9 Å². The Kier molecular flexibility index (Phi) is 64.2. The van der Waals surface area contributed by atoms with Gasteiger partial charge in [0.15, 0.2) is 6.10 Å². The van der Waals surface area contributed by atoms with Crippen molar-refractivity contribution in [2.45, 2.75) is 348 Å². The molecule has 0 aliphatic carbocycles. The van der Waals surface area contributed by atoms with E-state index in [-0.39, 0.29) is 31.1 Å². The molecule has 0 amide bonds.